The fourth-order valence-corrected chi connectivity index (χ4v) is 3.45. The van der Waals surface area contributed by atoms with Gasteiger partial charge in [0.25, 0.3) is 5.82 Å². The van der Waals surface area contributed by atoms with Crippen LogP contribution in [0.1, 0.15) is 17.2 Å². The summed E-state index contributed by atoms with van der Waals surface area (Å²) in [5.41, 5.74) is 1.93. The molecule has 0 fully saturated rings. The van der Waals surface area contributed by atoms with Crippen LogP contribution in [0.25, 0.3) is 11.3 Å². The third-order valence-corrected chi connectivity index (χ3v) is 4.71. The van der Waals surface area contributed by atoms with Crippen molar-refractivity contribution in [1.29, 1.82) is 0 Å². The molecule has 3 heterocycles. The van der Waals surface area contributed by atoms with E-state index >= 15 is 0 Å². The monoisotopic (exact) mass is 391 g/mol. The molecule has 0 atom stereocenters. The first kappa shape index (κ1) is 17.5. The highest BCUT2D eigenvalue weighted by Gasteiger charge is 2.37. The van der Waals surface area contributed by atoms with Gasteiger partial charge in [-0.1, -0.05) is 18.2 Å². The van der Waals surface area contributed by atoms with Crippen molar-refractivity contribution >= 4 is 17.4 Å². The zero-order valence-corrected chi connectivity index (χ0v) is 15.0. The van der Waals surface area contributed by atoms with Crippen LogP contribution in [0.15, 0.2) is 46.6 Å². The second-order valence-corrected chi connectivity index (χ2v) is 6.70. The van der Waals surface area contributed by atoms with Gasteiger partial charge in [0.1, 0.15) is 10.9 Å². The van der Waals surface area contributed by atoms with E-state index in [1.54, 1.807) is 6.07 Å². The lowest BCUT2D eigenvalue weighted by atomic mass is 10.2. The number of para-hydroxylation sites is 1. The molecular weight excluding hydrogens is 379 g/mol. The van der Waals surface area contributed by atoms with Gasteiger partial charge in [-0.25, -0.2) is 0 Å². The minimum absolute atomic E-state index is 0.0169. The molecule has 0 radical (unpaired) electrons. The van der Waals surface area contributed by atoms with Gasteiger partial charge in [-0.05, 0) is 49.4 Å². The standard InChI is InChI=1S/C16H12F3N7S/c1-9-5-3-4-6-11(9)25-10(2)20-23-15(25)27-13-8-7-12-21-22-14(16(17,18)19)26(12)24-13/h3-8H,1-2H3. The summed E-state index contributed by atoms with van der Waals surface area (Å²) >= 11 is 1.11. The summed E-state index contributed by atoms with van der Waals surface area (Å²) in [5, 5.41) is 19.7. The van der Waals surface area contributed by atoms with Gasteiger partial charge >= 0.3 is 6.18 Å². The molecule has 4 rings (SSSR count). The normalized spacial score (nSPS) is 12.0. The van der Waals surface area contributed by atoms with Gasteiger partial charge in [-0.3, -0.25) is 4.57 Å². The van der Waals surface area contributed by atoms with Crippen molar-refractivity contribution in [2.45, 2.75) is 30.2 Å². The van der Waals surface area contributed by atoms with E-state index < -0.39 is 12.0 Å². The lowest BCUT2D eigenvalue weighted by Gasteiger charge is -2.11. The highest BCUT2D eigenvalue weighted by atomic mass is 32.2. The number of hydrogen-bond donors (Lipinski definition) is 0. The zero-order valence-electron chi connectivity index (χ0n) is 14.1. The van der Waals surface area contributed by atoms with Gasteiger partial charge in [0.15, 0.2) is 5.65 Å². The van der Waals surface area contributed by atoms with E-state index in [1.165, 1.54) is 6.07 Å². The Kier molecular flexibility index (Phi) is 4.10. The summed E-state index contributed by atoms with van der Waals surface area (Å²) in [7, 11) is 0. The number of benzene rings is 1. The maximum absolute atomic E-state index is 13.0. The third-order valence-electron chi connectivity index (χ3n) is 3.84. The Labute approximate surface area is 155 Å². The van der Waals surface area contributed by atoms with E-state index in [0.717, 1.165) is 23.0 Å². The molecule has 0 spiro atoms. The zero-order chi connectivity index (χ0) is 19.2. The molecule has 1 aromatic carbocycles. The van der Waals surface area contributed by atoms with Crippen molar-refractivity contribution in [1.82, 2.24) is 34.6 Å². The number of aromatic nitrogens is 7. The number of aryl methyl sites for hydroxylation is 2. The molecule has 0 aliphatic rings. The SMILES string of the molecule is Cc1ccccc1-n1c(C)nnc1Sc1ccc2nnc(C(F)(F)F)n2n1. The van der Waals surface area contributed by atoms with E-state index in [1.807, 2.05) is 42.7 Å². The second kappa shape index (κ2) is 6.34. The molecular formula is C16H12F3N7S. The molecule has 138 valence electrons. The van der Waals surface area contributed by atoms with Crippen molar-refractivity contribution in [2.24, 2.45) is 0 Å². The van der Waals surface area contributed by atoms with Crippen LogP contribution in [0, 0.1) is 13.8 Å². The highest BCUT2D eigenvalue weighted by Crippen LogP contribution is 2.31. The Bertz CT molecular complexity index is 1130. The van der Waals surface area contributed by atoms with Crippen molar-refractivity contribution in [2.75, 3.05) is 0 Å². The average Bonchev–Trinajstić information content (AvgIpc) is 3.19. The summed E-state index contributed by atoms with van der Waals surface area (Å²) in [4.78, 5) is 0. The number of rotatable bonds is 3. The fraction of sp³-hybridized carbons (Fsp3) is 0.188. The molecule has 0 bridgehead atoms. The second-order valence-electron chi connectivity index (χ2n) is 5.72. The van der Waals surface area contributed by atoms with E-state index in [9.17, 15) is 13.2 Å². The predicted molar refractivity (Wildman–Crippen MR) is 90.7 cm³/mol. The predicted octanol–water partition coefficient (Wildman–Crippen LogP) is 3.49. The Morgan fingerprint density at radius 3 is 2.44 bits per heavy atom. The van der Waals surface area contributed by atoms with E-state index in [2.05, 4.69) is 25.5 Å². The first-order valence-electron chi connectivity index (χ1n) is 7.80. The molecule has 0 amide bonds. The third kappa shape index (κ3) is 3.14. The molecule has 27 heavy (non-hydrogen) atoms. The van der Waals surface area contributed by atoms with Crippen LogP contribution in [-0.4, -0.2) is 34.6 Å². The molecule has 11 heteroatoms. The van der Waals surface area contributed by atoms with Crippen LogP contribution in [0.3, 0.4) is 0 Å². The lowest BCUT2D eigenvalue weighted by molar-refractivity contribution is -0.146. The van der Waals surface area contributed by atoms with Gasteiger partial charge < -0.3 is 0 Å². The summed E-state index contributed by atoms with van der Waals surface area (Å²) in [6.45, 7) is 3.77. The van der Waals surface area contributed by atoms with Crippen molar-refractivity contribution in [3.05, 3.63) is 53.6 Å². The van der Waals surface area contributed by atoms with E-state index in [0.29, 0.717) is 20.5 Å². The van der Waals surface area contributed by atoms with Crippen molar-refractivity contribution in [3.8, 4) is 5.69 Å². The summed E-state index contributed by atoms with van der Waals surface area (Å²) in [6, 6.07) is 10.7. The Morgan fingerprint density at radius 2 is 1.70 bits per heavy atom. The maximum Gasteiger partial charge on any atom is 0.453 e. The molecule has 0 unspecified atom stereocenters. The minimum atomic E-state index is -4.65. The van der Waals surface area contributed by atoms with Crippen LogP contribution < -0.4 is 0 Å². The number of nitrogens with zero attached hydrogens (tertiary/aromatic N) is 7. The van der Waals surface area contributed by atoms with E-state index in [-0.39, 0.29) is 5.65 Å². The molecule has 0 saturated heterocycles. The molecule has 0 aliphatic heterocycles. The molecule has 3 aromatic heterocycles. The molecule has 4 aromatic rings. The lowest BCUT2D eigenvalue weighted by Crippen LogP contribution is -2.12. The summed E-state index contributed by atoms with van der Waals surface area (Å²) in [6.07, 6.45) is -4.65. The average molecular weight is 391 g/mol. The Balaban J connectivity index is 1.77. The van der Waals surface area contributed by atoms with Crippen LogP contribution in [0.5, 0.6) is 0 Å². The van der Waals surface area contributed by atoms with E-state index in [4.69, 9.17) is 0 Å². The molecule has 0 aliphatic carbocycles. The number of halogens is 3. The Morgan fingerprint density at radius 1 is 0.926 bits per heavy atom. The van der Waals surface area contributed by atoms with Gasteiger partial charge in [0.2, 0.25) is 5.16 Å². The number of alkyl halides is 3. The van der Waals surface area contributed by atoms with Crippen LogP contribution in [-0.2, 0) is 6.18 Å². The number of fused-ring (bicyclic) bond motifs is 1. The van der Waals surface area contributed by atoms with Crippen molar-refractivity contribution in [3.63, 3.8) is 0 Å². The van der Waals surface area contributed by atoms with Crippen LogP contribution >= 0.6 is 11.8 Å². The molecule has 0 saturated carbocycles. The number of hydrogen-bond acceptors (Lipinski definition) is 6. The highest BCUT2D eigenvalue weighted by molar-refractivity contribution is 7.99. The molecule has 0 N–H and O–H groups in total. The van der Waals surface area contributed by atoms with Gasteiger partial charge in [-0.15, -0.1) is 20.4 Å². The van der Waals surface area contributed by atoms with Crippen LogP contribution in [0.4, 0.5) is 13.2 Å². The van der Waals surface area contributed by atoms with Crippen molar-refractivity contribution < 1.29 is 13.2 Å². The summed E-state index contributed by atoms with van der Waals surface area (Å²) in [5.74, 6) is -0.510. The minimum Gasteiger partial charge on any atom is -0.274 e. The first-order chi connectivity index (χ1) is 12.8. The summed E-state index contributed by atoms with van der Waals surface area (Å²) < 4.78 is 41.7. The largest absolute Gasteiger partial charge is 0.453 e. The fourth-order valence-electron chi connectivity index (χ4n) is 2.60. The van der Waals surface area contributed by atoms with Gasteiger partial charge in [0, 0.05) is 0 Å². The topological polar surface area (TPSA) is 73.8 Å². The quantitative estimate of drug-likeness (QED) is 0.532. The van der Waals surface area contributed by atoms with Gasteiger partial charge in [0.05, 0.1) is 5.69 Å². The first-order valence-corrected chi connectivity index (χ1v) is 8.62. The smallest absolute Gasteiger partial charge is 0.274 e. The van der Waals surface area contributed by atoms with Gasteiger partial charge in [-0.2, -0.15) is 22.8 Å². The molecule has 7 nitrogen and oxygen atoms in total. The van der Waals surface area contributed by atoms with Crippen LogP contribution in [0.2, 0.25) is 0 Å². The Hall–Kier alpha value is -2.95. The maximum atomic E-state index is 13.0.